The molecule has 4 rings (SSSR count). The highest BCUT2D eigenvalue weighted by Gasteiger charge is 2.33. The van der Waals surface area contributed by atoms with Crippen molar-refractivity contribution in [2.24, 2.45) is 0 Å². The zero-order chi connectivity index (χ0) is 20.9. The minimum absolute atomic E-state index is 0.0196. The van der Waals surface area contributed by atoms with E-state index < -0.39 is 0 Å². The number of hydrogen-bond acceptors (Lipinski definition) is 3. The number of para-hydroxylation sites is 1. The number of hydrogen-bond donors (Lipinski definition) is 1. The van der Waals surface area contributed by atoms with Crippen molar-refractivity contribution in [2.75, 3.05) is 16.8 Å². The fourth-order valence-corrected chi connectivity index (χ4v) is 3.91. The van der Waals surface area contributed by atoms with Crippen molar-refractivity contribution in [3.05, 3.63) is 88.4 Å². The van der Waals surface area contributed by atoms with E-state index >= 15 is 0 Å². The molecule has 1 N–H and O–H groups in total. The average molecular weight is 465 g/mol. The summed E-state index contributed by atoms with van der Waals surface area (Å²) in [6.45, 7) is 2.89. The minimum atomic E-state index is -0.295. The number of nitrogens with one attached hydrogen (secondary N) is 1. The number of ether oxygens (including phenoxy) is 1. The molecule has 3 aromatic rings. The Kier molecular flexibility index (Phi) is 6.38. The van der Waals surface area contributed by atoms with Gasteiger partial charge in [0.05, 0.1) is 12.2 Å². The Balaban J connectivity index is 1.64. The van der Waals surface area contributed by atoms with Crippen molar-refractivity contribution >= 4 is 33.2 Å². The average Bonchev–Trinajstić information content (AvgIpc) is 2.78. The second-order valence-corrected chi connectivity index (χ2v) is 8.28. The molecule has 0 aromatic heterocycles. The van der Waals surface area contributed by atoms with Gasteiger partial charge in [0.15, 0.2) is 0 Å². The molecule has 30 heavy (non-hydrogen) atoms. The Bertz CT molecular complexity index is 1000. The zero-order valence-electron chi connectivity index (χ0n) is 17.0. The van der Waals surface area contributed by atoms with E-state index in [1.54, 1.807) is 0 Å². The van der Waals surface area contributed by atoms with Crippen LogP contribution in [0.4, 0.5) is 11.4 Å². The summed E-state index contributed by atoms with van der Waals surface area (Å²) in [5.41, 5.74) is 3.37. The number of fused-ring (bicyclic) bond motifs is 1. The molecule has 0 spiro atoms. The lowest BCUT2D eigenvalue weighted by Crippen LogP contribution is -2.43. The highest BCUT2D eigenvalue weighted by atomic mass is 79.9. The van der Waals surface area contributed by atoms with Crippen molar-refractivity contribution in [3.63, 3.8) is 0 Å². The third-order valence-electron chi connectivity index (χ3n) is 5.24. The highest BCUT2D eigenvalue weighted by molar-refractivity contribution is 9.10. The second kappa shape index (κ2) is 9.35. The molecule has 0 saturated carbocycles. The number of rotatable bonds is 7. The molecule has 1 aliphatic rings. The minimum Gasteiger partial charge on any atom is -0.494 e. The summed E-state index contributed by atoms with van der Waals surface area (Å²) in [4.78, 5) is 15.3. The Hall–Kier alpha value is -2.79. The summed E-state index contributed by atoms with van der Waals surface area (Å²) >= 11 is 3.49. The number of nitrogens with zero attached hydrogens (tertiary/aromatic N) is 1. The smallest absolute Gasteiger partial charge is 0.262 e. The lowest BCUT2D eigenvalue weighted by molar-refractivity contribution is 0.0975. The fraction of sp³-hybridized carbons (Fsp3) is 0.240. The first-order valence-electron chi connectivity index (χ1n) is 10.3. The summed E-state index contributed by atoms with van der Waals surface area (Å²) in [5, 5.41) is 3.53. The summed E-state index contributed by atoms with van der Waals surface area (Å²) < 4.78 is 6.84. The van der Waals surface area contributed by atoms with Gasteiger partial charge in [-0.1, -0.05) is 60.0 Å². The van der Waals surface area contributed by atoms with Crippen LogP contribution in [0.3, 0.4) is 0 Å². The van der Waals surface area contributed by atoms with Crippen LogP contribution in [0.25, 0.3) is 0 Å². The molecular formula is C25H25BrN2O2. The molecule has 1 aliphatic heterocycles. The Morgan fingerprint density at radius 3 is 2.43 bits per heavy atom. The number of benzene rings is 3. The third kappa shape index (κ3) is 4.36. The summed E-state index contributed by atoms with van der Waals surface area (Å²) in [6.07, 6.45) is 3.10. The van der Waals surface area contributed by atoms with Crippen LogP contribution in [0.2, 0.25) is 0 Å². The maximum atomic E-state index is 13.4. The molecule has 0 bridgehead atoms. The highest BCUT2D eigenvalue weighted by Crippen LogP contribution is 2.37. The van der Waals surface area contributed by atoms with Crippen LogP contribution in [0.15, 0.2) is 77.3 Å². The third-order valence-corrected chi connectivity index (χ3v) is 5.77. The maximum absolute atomic E-state index is 13.4. The molecule has 0 aliphatic carbocycles. The van der Waals surface area contributed by atoms with Gasteiger partial charge in [-0.25, -0.2) is 0 Å². The standard InChI is InChI=1S/C25H25BrN2O2/c1-2-3-6-17-30-21-15-13-20(14-16-21)28-24(18-9-11-19(26)12-10-18)27-23-8-5-4-7-22(23)25(28)29/h4-5,7-16,24,27H,2-3,6,17H2,1H3/t24-/m0/s1. The van der Waals surface area contributed by atoms with Gasteiger partial charge in [0.25, 0.3) is 5.91 Å². The van der Waals surface area contributed by atoms with Crippen molar-refractivity contribution in [1.82, 2.24) is 0 Å². The van der Waals surface area contributed by atoms with Crippen LogP contribution in [0, 0.1) is 0 Å². The van der Waals surface area contributed by atoms with Gasteiger partial charge in [-0.05, 0) is 60.5 Å². The van der Waals surface area contributed by atoms with Gasteiger partial charge >= 0.3 is 0 Å². The number of carbonyl (C=O) groups excluding carboxylic acids is 1. The van der Waals surface area contributed by atoms with Gasteiger partial charge in [-0.2, -0.15) is 0 Å². The predicted molar refractivity (Wildman–Crippen MR) is 125 cm³/mol. The summed E-state index contributed by atoms with van der Waals surface area (Å²) in [5.74, 6) is 0.807. The predicted octanol–water partition coefficient (Wildman–Crippen LogP) is 6.79. The first-order chi connectivity index (χ1) is 14.7. The molecule has 0 fully saturated rings. The van der Waals surface area contributed by atoms with Crippen LogP contribution in [-0.4, -0.2) is 12.5 Å². The van der Waals surface area contributed by atoms with Crippen LogP contribution < -0.4 is 15.0 Å². The quantitative estimate of drug-likeness (QED) is 0.391. The largest absolute Gasteiger partial charge is 0.494 e. The first-order valence-corrected chi connectivity index (χ1v) is 11.1. The Morgan fingerprint density at radius 1 is 0.967 bits per heavy atom. The molecule has 0 unspecified atom stereocenters. The van der Waals surface area contributed by atoms with Gasteiger partial charge in [0, 0.05) is 15.8 Å². The van der Waals surface area contributed by atoms with Gasteiger partial charge in [0.1, 0.15) is 11.9 Å². The molecule has 154 valence electrons. The number of halogens is 1. The molecule has 1 atom stereocenters. The molecule has 1 amide bonds. The number of amides is 1. The second-order valence-electron chi connectivity index (χ2n) is 7.37. The van der Waals surface area contributed by atoms with E-state index in [9.17, 15) is 4.79 Å². The van der Waals surface area contributed by atoms with E-state index in [0.29, 0.717) is 12.2 Å². The van der Waals surface area contributed by atoms with Crippen LogP contribution in [-0.2, 0) is 0 Å². The summed E-state index contributed by atoms with van der Waals surface area (Å²) in [7, 11) is 0. The lowest BCUT2D eigenvalue weighted by Gasteiger charge is -2.38. The SMILES string of the molecule is CCCCCOc1ccc(N2C(=O)c3ccccc3N[C@@H]2c2ccc(Br)cc2)cc1. The van der Waals surface area contributed by atoms with E-state index in [-0.39, 0.29) is 12.1 Å². The molecule has 0 radical (unpaired) electrons. The van der Waals surface area contributed by atoms with Crippen LogP contribution in [0.1, 0.15) is 48.3 Å². The zero-order valence-corrected chi connectivity index (χ0v) is 18.6. The number of carbonyl (C=O) groups is 1. The van der Waals surface area contributed by atoms with Gasteiger partial charge in [-0.15, -0.1) is 0 Å². The molecule has 1 heterocycles. The maximum Gasteiger partial charge on any atom is 0.262 e. The topological polar surface area (TPSA) is 41.6 Å². The van der Waals surface area contributed by atoms with E-state index in [1.165, 1.54) is 12.8 Å². The Labute approximate surface area is 186 Å². The molecule has 4 nitrogen and oxygen atoms in total. The van der Waals surface area contributed by atoms with Gasteiger partial charge in [-0.3, -0.25) is 9.69 Å². The van der Waals surface area contributed by atoms with Crippen molar-refractivity contribution < 1.29 is 9.53 Å². The van der Waals surface area contributed by atoms with Gasteiger partial charge in [0.2, 0.25) is 0 Å². The lowest BCUT2D eigenvalue weighted by atomic mass is 10.0. The normalized spacial score (nSPS) is 15.5. The fourth-order valence-electron chi connectivity index (χ4n) is 3.64. The molecule has 0 saturated heterocycles. The van der Waals surface area contributed by atoms with Crippen molar-refractivity contribution in [1.29, 1.82) is 0 Å². The monoisotopic (exact) mass is 464 g/mol. The molecule has 3 aromatic carbocycles. The first kappa shape index (κ1) is 20.5. The molecule has 5 heteroatoms. The van der Waals surface area contributed by atoms with Gasteiger partial charge < -0.3 is 10.1 Å². The van der Waals surface area contributed by atoms with E-state index in [0.717, 1.165) is 33.6 Å². The van der Waals surface area contributed by atoms with Crippen LogP contribution >= 0.6 is 15.9 Å². The van der Waals surface area contributed by atoms with Crippen molar-refractivity contribution in [2.45, 2.75) is 32.4 Å². The van der Waals surface area contributed by atoms with E-state index in [2.05, 4.69) is 28.2 Å². The Morgan fingerprint density at radius 2 is 1.70 bits per heavy atom. The molecular weight excluding hydrogens is 440 g/mol. The summed E-state index contributed by atoms with van der Waals surface area (Å²) in [6, 6.07) is 23.5. The van der Waals surface area contributed by atoms with E-state index in [4.69, 9.17) is 4.74 Å². The number of unbranched alkanes of at least 4 members (excludes halogenated alkanes) is 2. The van der Waals surface area contributed by atoms with Crippen molar-refractivity contribution in [3.8, 4) is 5.75 Å². The van der Waals surface area contributed by atoms with Crippen LogP contribution in [0.5, 0.6) is 5.75 Å². The van der Waals surface area contributed by atoms with E-state index in [1.807, 2.05) is 77.7 Å². The number of anilines is 2.